The summed E-state index contributed by atoms with van der Waals surface area (Å²) >= 11 is 0. The summed E-state index contributed by atoms with van der Waals surface area (Å²) in [5.74, 6) is -0.264. The van der Waals surface area contributed by atoms with Crippen molar-refractivity contribution in [3.8, 4) is 0 Å². The van der Waals surface area contributed by atoms with Gasteiger partial charge in [0.15, 0.2) is 0 Å². The van der Waals surface area contributed by atoms with E-state index < -0.39 is 0 Å². The lowest BCUT2D eigenvalue weighted by Crippen LogP contribution is -2.06. The molecule has 0 spiro atoms. The second kappa shape index (κ2) is 4.91. The van der Waals surface area contributed by atoms with Crippen LogP contribution in [0.5, 0.6) is 0 Å². The molecule has 12 heavy (non-hydrogen) atoms. The van der Waals surface area contributed by atoms with Crippen LogP contribution in [0.1, 0.15) is 11.6 Å². The number of nitrogens with two attached hydrogens (primary N) is 1. The molecule has 2 N–H and O–H groups in total. The third-order valence-corrected chi connectivity index (χ3v) is 1.49. The predicted molar refractivity (Wildman–Crippen MR) is 50.8 cm³/mol. The van der Waals surface area contributed by atoms with Crippen LogP contribution in [0.25, 0.3) is 0 Å². The van der Waals surface area contributed by atoms with Gasteiger partial charge < -0.3 is 5.73 Å². The quantitative estimate of drug-likeness (QED) is 0.708. The molecule has 66 valence electrons. The average molecular weight is 188 g/mol. The SMILES string of the molecule is C=C[C@H](N)c1cccc(F)c1.Cl. The van der Waals surface area contributed by atoms with Crippen molar-refractivity contribution in [3.63, 3.8) is 0 Å². The number of rotatable bonds is 2. The van der Waals surface area contributed by atoms with Crippen molar-refractivity contribution in [1.29, 1.82) is 0 Å². The molecular weight excluding hydrogens is 177 g/mol. The van der Waals surface area contributed by atoms with Gasteiger partial charge in [0.05, 0.1) is 0 Å². The number of hydrogen-bond acceptors (Lipinski definition) is 1. The maximum atomic E-state index is 12.6. The second-order valence-corrected chi connectivity index (χ2v) is 2.32. The molecule has 0 aliphatic heterocycles. The first-order chi connectivity index (χ1) is 5.24. The molecule has 1 aromatic carbocycles. The Morgan fingerprint density at radius 1 is 1.50 bits per heavy atom. The topological polar surface area (TPSA) is 26.0 Å². The third-order valence-electron chi connectivity index (χ3n) is 1.49. The van der Waals surface area contributed by atoms with E-state index in [2.05, 4.69) is 6.58 Å². The Kier molecular flexibility index (Phi) is 4.55. The van der Waals surface area contributed by atoms with Gasteiger partial charge in [-0.25, -0.2) is 4.39 Å². The van der Waals surface area contributed by atoms with Crippen LogP contribution in [0.15, 0.2) is 36.9 Å². The fourth-order valence-corrected chi connectivity index (χ4v) is 0.850. The molecule has 0 saturated carbocycles. The van der Waals surface area contributed by atoms with Gasteiger partial charge in [0, 0.05) is 6.04 Å². The molecule has 0 unspecified atom stereocenters. The van der Waals surface area contributed by atoms with E-state index in [1.165, 1.54) is 12.1 Å². The molecule has 0 heterocycles. The van der Waals surface area contributed by atoms with Gasteiger partial charge in [-0.1, -0.05) is 18.2 Å². The van der Waals surface area contributed by atoms with E-state index in [0.29, 0.717) is 0 Å². The van der Waals surface area contributed by atoms with Gasteiger partial charge in [-0.3, -0.25) is 0 Å². The van der Waals surface area contributed by atoms with E-state index in [4.69, 9.17) is 5.73 Å². The minimum absolute atomic E-state index is 0. The highest BCUT2D eigenvalue weighted by Crippen LogP contribution is 2.11. The minimum Gasteiger partial charge on any atom is -0.321 e. The molecule has 0 aliphatic rings. The van der Waals surface area contributed by atoms with Crippen LogP contribution in [0.4, 0.5) is 4.39 Å². The normalized spacial score (nSPS) is 11.5. The summed E-state index contributed by atoms with van der Waals surface area (Å²) in [7, 11) is 0. The fourth-order valence-electron chi connectivity index (χ4n) is 0.850. The highest BCUT2D eigenvalue weighted by atomic mass is 35.5. The lowest BCUT2D eigenvalue weighted by molar-refractivity contribution is 0.624. The molecule has 0 aromatic heterocycles. The first-order valence-corrected chi connectivity index (χ1v) is 3.37. The summed E-state index contributed by atoms with van der Waals surface area (Å²) in [5.41, 5.74) is 6.33. The molecule has 1 aromatic rings. The summed E-state index contributed by atoms with van der Waals surface area (Å²) in [6.45, 7) is 3.52. The highest BCUT2D eigenvalue weighted by Gasteiger charge is 2.00. The molecular formula is C9H11ClFN. The van der Waals surface area contributed by atoms with E-state index in [1.54, 1.807) is 18.2 Å². The first kappa shape index (κ1) is 11.1. The maximum Gasteiger partial charge on any atom is 0.123 e. The van der Waals surface area contributed by atoms with Gasteiger partial charge in [-0.15, -0.1) is 19.0 Å². The number of hydrogen-bond donors (Lipinski definition) is 1. The monoisotopic (exact) mass is 187 g/mol. The van der Waals surface area contributed by atoms with E-state index >= 15 is 0 Å². The van der Waals surface area contributed by atoms with Crippen LogP contribution < -0.4 is 5.73 Å². The Hall–Kier alpha value is -0.860. The van der Waals surface area contributed by atoms with Gasteiger partial charge in [0.1, 0.15) is 5.82 Å². The molecule has 1 atom stereocenters. The van der Waals surface area contributed by atoms with Crippen LogP contribution in [-0.4, -0.2) is 0 Å². The minimum atomic E-state index is -0.273. The number of benzene rings is 1. The Balaban J connectivity index is 0.00000121. The van der Waals surface area contributed by atoms with Crippen molar-refractivity contribution in [2.24, 2.45) is 5.73 Å². The maximum absolute atomic E-state index is 12.6. The van der Waals surface area contributed by atoms with Crippen molar-refractivity contribution in [2.75, 3.05) is 0 Å². The fraction of sp³-hybridized carbons (Fsp3) is 0.111. The highest BCUT2D eigenvalue weighted by molar-refractivity contribution is 5.85. The van der Waals surface area contributed by atoms with Crippen molar-refractivity contribution in [2.45, 2.75) is 6.04 Å². The summed E-state index contributed by atoms with van der Waals surface area (Å²) in [6.07, 6.45) is 1.58. The van der Waals surface area contributed by atoms with E-state index in [-0.39, 0.29) is 24.3 Å². The molecule has 1 nitrogen and oxygen atoms in total. The second-order valence-electron chi connectivity index (χ2n) is 2.32. The summed E-state index contributed by atoms with van der Waals surface area (Å²) in [6, 6.07) is 5.93. The van der Waals surface area contributed by atoms with E-state index in [9.17, 15) is 4.39 Å². The number of halogens is 2. The van der Waals surface area contributed by atoms with E-state index in [1.807, 2.05) is 0 Å². The van der Waals surface area contributed by atoms with Crippen molar-refractivity contribution in [1.82, 2.24) is 0 Å². The lowest BCUT2D eigenvalue weighted by Gasteiger charge is -2.04. The van der Waals surface area contributed by atoms with Gasteiger partial charge >= 0.3 is 0 Å². The van der Waals surface area contributed by atoms with Gasteiger partial charge in [0.25, 0.3) is 0 Å². The molecule has 0 bridgehead atoms. The summed E-state index contributed by atoms with van der Waals surface area (Å²) in [4.78, 5) is 0. The van der Waals surface area contributed by atoms with Crippen molar-refractivity contribution in [3.05, 3.63) is 48.3 Å². The Labute approximate surface area is 77.5 Å². The zero-order chi connectivity index (χ0) is 8.27. The third kappa shape index (κ3) is 2.64. The van der Waals surface area contributed by atoms with Crippen LogP contribution >= 0.6 is 12.4 Å². The Morgan fingerprint density at radius 3 is 2.67 bits per heavy atom. The van der Waals surface area contributed by atoms with Crippen molar-refractivity contribution < 1.29 is 4.39 Å². The molecule has 0 saturated heterocycles. The smallest absolute Gasteiger partial charge is 0.123 e. The van der Waals surface area contributed by atoms with Crippen LogP contribution in [0.2, 0.25) is 0 Å². The summed E-state index contributed by atoms with van der Waals surface area (Å²) in [5, 5.41) is 0. The van der Waals surface area contributed by atoms with Crippen LogP contribution in [-0.2, 0) is 0 Å². The predicted octanol–water partition coefficient (Wildman–Crippen LogP) is 2.43. The standard InChI is InChI=1S/C9H10FN.ClH/c1-2-9(11)7-4-3-5-8(10)6-7;/h2-6,9H,1,11H2;1H/t9-;/m0./s1. The zero-order valence-corrected chi connectivity index (χ0v) is 7.35. The molecule has 3 heteroatoms. The van der Waals surface area contributed by atoms with Crippen LogP contribution in [0, 0.1) is 5.82 Å². The zero-order valence-electron chi connectivity index (χ0n) is 6.53. The average Bonchev–Trinajstić information content (AvgIpc) is 2.03. The van der Waals surface area contributed by atoms with Crippen molar-refractivity contribution >= 4 is 12.4 Å². The Bertz CT molecular complexity index is 262. The molecule has 0 fully saturated rings. The van der Waals surface area contributed by atoms with Gasteiger partial charge in [-0.05, 0) is 17.7 Å². The van der Waals surface area contributed by atoms with E-state index in [0.717, 1.165) is 5.56 Å². The lowest BCUT2D eigenvalue weighted by atomic mass is 10.1. The van der Waals surface area contributed by atoms with Crippen LogP contribution in [0.3, 0.4) is 0 Å². The largest absolute Gasteiger partial charge is 0.321 e. The van der Waals surface area contributed by atoms with Gasteiger partial charge in [-0.2, -0.15) is 0 Å². The molecule has 0 amide bonds. The first-order valence-electron chi connectivity index (χ1n) is 3.37. The molecule has 1 rings (SSSR count). The summed E-state index contributed by atoms with van der Waals surface area (Å²) < 4.78 is 12.6. The Morgan fingerprint density at radius 2 is 2.17 bits per heavy atom. The molecule has 0 aliphatic carbocycles. The van der Waals surface area contributed by atoms with Gasteiger partial charge in [0.2, 0.25) is 0 Å². The molecule has 0 radical (unpaired) electrons.